The Morgan fingerprint density at radius 2 is 2.12 bits per heavy atom. The molecule has 0 aliphatic heterocycles. The van der Waals surface area contributed by atoms with Gasteiger partial charge in [0, 0.05) is 29.1 Å². The fourth-order valence-electron chi connectivity index (χ4n) is 1.67. The van der Waals surface area contributed by atoms with E-state index >= 15 is 0 Å². The van der Waals surface area contributed by atoms with Crippen LogP contribution in [0.5, 0.6) is 0 Å². The first-order valence-corrected chi connectivity index (χ1v) is 5.65. The van der Waals surface area contributed by atoms with E-state index in [9.17, 15) is 4.79 Å². The first-order valence-electron chi connectivity index (χ1n) is 5.65. The Morgan fingerprint density at radius 1 is 1.47 bits per heavy atom. The van der Waals surface area contributed by atoms with Crippen molar-refractivity contribution in [3.8, 4) is 0 Å². The lowest BCUT2D eigenvalue weighted by molar-refractivity contribution is 0.101. The fraction of sp³-hybridized carbons (Fsp3) is 0.462. The average Bonchev–Trinajstić information content (AvgIpc) is 2.20. The second-order valence-electron chi connectivity index (χ2n) is 4.84. The van der Waals surface area contributed by atoms with Crippen LogP contribution in [0.4, 0.5) is 11.4 Å². The lowest BCUT2D eigenvalue weighted by atomic mass is 10.00. The Balaban J connectivity index is 2.93. The molecule has 0 saturated heterocycles. The molecule has 0 radical (unpaired) electrons. The maximum atomic E-state index is 11.4. The second-order valence-corrected chi connectivity index (χ2v) is 4.84. The van der Waals surface area contributed by atoms with Gasteiger partial charge in [0.25, 0.3) is 0 Å². The Kier molecular flexibility index (Phi) is 4.12. The highest BCUT2D eigenvalue weighted by Gasteiger charge is 2.17. The van der Waals surface area contributed by atoms with Gasteiger partial charge in [-0.3, -0.25) is 4.79 Å². The van der Waals surface area contributed by atoms with Crippen LogP contribution in [0.25, 0.3) is 0 Å². The predicted molar refractivity (Wildman–Crippen MR) is 70.3 cm³/mol. The Morgan fingerprint density at radius 3 is 2.65 bits per heavy atom. The zero-order valence-electron chi connectivity index (χ0n) is 10.6. The van der Waals surface area contributed by atoms with Gasteiger partial charge in [-0.2, -0.15) is 0 Å². The van der Waals surface area contributed by atoms with Crippen LogP contribution in [0, 0.1) is 0 Å². The van der Waals surface area contributed by atoms with Crippen LogP contribution >= 0.6 is 0 Å². The van der Waals surface area contributed by atoms with Crippen molar-refractivity contribution in [2.45, 2.75) is 32.7 Å². The molecule has 1 rings (SSSR count). The van der Waals surface area contributed by atoms with Crippen molar-refractivity contribution in [3.05, 3.63) is 23.8 Å². The third-order valence-electron chi connectivity index (χ3n) is 2.65. The van der Waals surface area contributed by atoms with Crippen LogP contribution in [0.3, 0.4) is 0 Å². The molecule has 4 nitrogen and oxygen atoms in total. The van der Waals surface area contributed by atoms with Crippen LogP contribution < -0.4 is 11.1 Å². The van der Waals surface area contributed by atoms with E-state index in [1.165, 1.54) is 6.92 Å². The molecule has 4 heteroatoms. The van der Waals surface area contributed by atoms with E-state index < -0.39 is 0 Å². The minimum absolute atomic E-state index is 0.0499. The normalized spacial score (nSPS) is 11.3. The van der Waals surface area contributed by atoms with Crippen molar-refractivity contribution >= 4 is 17.2 Å². The van der Waals surface area contributed by atoms with Crippen LogP contribution in [0.1, 0.15) is 37.6 Å². The first-order chi connectivity index (χ1) is 7.85. The minimum atomic E-state index is -0.223. The van der Waals surface area contributed by atoms with Gasteiger partial charge >= 0.3 is 0 Å². The topological polar surface area (TPSA) is 75.3 Å². The number of Topliss-reactive ketones (excluding diaryl/α,β-unsaturated/α-hetero) is 1. The Labute approximate surface area is 102 Å². The van der Waals surface area contributed by atoms with Gasteiger partial charge in [0.2, 0.25) is 0 Å². The quantitative estimate of drug-likeness (QED) is 0.540. The van der Waals surface area contributed by atoms with Crippen molar-refractivity contribution in [3.63, 3.8) is 0 Å². The molecular weight excluding hydrogens is 216 g/mol. The number of benzene rings is 1. The summed E-state index contributed by atoms with van der Waals surface area (Å²) in [5.41, 5.74) is 7.35. The van der Waals surface area contributed by atoms with Crippen molar-refractivity contribution in [2.75, 3.05) is 17.7 Å². The fourth-order valence-corrected chi connectivity index (χ4v) is 1.67. The molecule has 0 aliphatic rings. The molecule has 0 bridgehead atoms. The molecule has 0 saturated carbocycles. The highest BCUT2D eigenvalue weighted by Crippen LogP contribution is 2.22. The van der Waals surface area contributed by atoms with Gasteiger partial charge in [-0.25, -0.2) is 0 Å². The van der Waals surface area contributed by atoms with E-state index in [0.717, 1.165) is 5.69 Å². The maximum absolute atomic E-state index is 11.4. The van der Waals surface area contributed by atoms with Gasteiger partial charge in [-0.15, -0.1) is 0 Å². The van der Waals surface area contributed by atoms with E-state index in [4.69, 9.17) is 10.8 Å². The van der Waals surface area contributed by atoms with Crippen molar-refractivity contribution in [2.24, 2.45) is 0 Å². The highest BCUT2D eigenvalue weighted by molar-refractivity contribution is 6.00. The number of nitrogen functional groups attached to an aromatic ring is 1. The number of nitrogens with one attached hydrogen (secondary N) is 1. The molecule has 0 aromatic heterocycles. The average molecular weight is 236 g/mol. The SMILES string of the molecule is CC(=O)c1cc(NC(C)(C)CCO)ccc1N. The van der Waals surface area contributed by atoms with Crippen LogP contribution in [0.15, 0.2) is 18.2 Å². The molecule has 0 unspecified atom stereocenters. The van der Waals surface area contributed by atoms with Gasteiger partial charge in [0.1, 0.15) is 0 Å². The van der Waals surface area contributed by atoms with E-state index in [0.29, 0.717) is 17.7 Å². The number of ketones is 1. The summed E-state index contributed by atoms with van der Waals surface area (Å²) in [6.07, 6.45) is 0.632. The number of rotatable bonds is 5. The smallest absolute Gasteiger partial charge is 0.161 e. The number of nitrogens with two attached hydrogens (primary N) is 1. The summed E-state index contributed by atoms with van der Waals surface area (Å²) in [4.78, 5) is 11.4. The van der Waals surface area contributed by atoms with Gasteiger partial charge in [0.05, 0.1) is 0 Å². The molecule has 0 fully saturated rings. The van der Waals surface area contributed by atoms with Crippen molar-refractivity contribution in [1.82, 2.24) is 0 Å². The molecule has 4 N–H and O–H groups in total. The highest BCUT2D eigenvalue weighted by atomic mass is 16.3. The summed E-state index contributed by atoms with van der Waals surface area (Å²) < 4.78 is 0. The molecule has 1 aromatic carbocycles. The van der Waals surface area contributed by atoms with Crippen molar-refractivity contribution < 1.29 is 9.90 Å². The number of hydrogen-bond donors (Lipinski definition) is 3. The third kappa shape index (κ3) is 3.75. The van der Waals surface area contributed by atoms with Gasteiger partial charge in [-0.05, 0) is 45.4 Å². The lowest BCUT2D eigenvalue weighted by Gasteiger charge is -2.27. The van der Waals surface area contributed by atoms with Crippen LogP contribution in [0.2, 0.25) is 0 Å². The number of anilines is 2. The number of hydrogen-bond acceptors (Lipinski definition) is 4. The zero-order valence-corrected chi connectivity index (χ0v) is 10.6. The Bertz CT molecular complexity index is 414. The molecule has 17 heavy (non-hydrogen) atoms. The van der Waals surface area contributed by atoms with Gasteiger partial charge < -0.3 is 16.2 Å². The Hall–Kier alpha value is -1.55. The first kappa shape index (κ1) is 13.5. The molecule has 94 valence electrons. The summed E-state index contributed by atoms with van der Waals surface area (Å²) in [6.45, 7) is 5.60. The summed E-state index contributed by atoms with van der Waals surface area (Å²) in [5, 5.41) is 12.2. The standard InChI is InChI=1S/C13H20N2O2/c1-9(17)11-8-10(4-5-12(11)14)15-13(2,3)6-7-16/h4-5,8,15-16H,6-7,14H2,1-3H3. The zero-order chi connectivity index (χ0) is 13.1. The summed E-state index contributed by atoms with van der Waals surface area (Å²) >= 11 is 0. The minimum Gasteiger partial charge on any atom is -0.398 e. The number of carbonyl (C=O) groups excluding carboxylic acids is 1. The van der Waals surface area contributed by atoms with Crippen LogP contribution in [-0.2, 0) is 0 Å². The molecule has 0 atom stereocenters. The van der Waals surface area contributed by atoms with Gasteiger partial charge in [-0.1, -0.05) is 0 Å². The summed E-state index contributed by atoms with van der Waals surface area (Å²) in [5.74, 6) is -0.0499. The molecular formula is C13H20N2O2. The molecule has 0 aliphatic carbocycles. The summed E-state index contributed by atoms with van der Waals surface area (Å²) in [7, 11) is 0. The lowest BCUT2D eigenvalue weighted by Crippen LogP contribution is -2.31. The molecule has 0 spiro atoms. The monoisotopic (exact) mass is 236 g/mol. The largest absolute Gasteiger partial charge is 0.398 e. The molecule has 1 aromatic rings. The van der Waals surface area contributed by atoms with E-state index in [1.54, 1.807) is 12.1 Å². The molecule has 0 heterocycles. The number of aliphatic hydroxyl groups excluding tert-OH is 1. The van der Waals surface area contributed by atoms with E-state index in [-0.39, 0.29) is 17.9 Å². The number of aliphatic hydroxyl groups is 1. The molecule has 0 amide bonds. The predicted octanol–water partition coefficient (Wildman–Crippen LogP) is 2.04. The van der Waals surface area contributed by atoms with Crippen molar-refractivity contribution in [1.29, 1.82) is 0 Å². The van der Waals surface area contributed by atoms with Crippen LogP contribution in [-0.4, -0.2) is 23.0 Å². The van der Waals surface area contributed by atoms with E-state index in [2.05, 4.69) is 5.32 Å². The second kappa shape index (κ2) is 5.19. The van der Waals surface area contributed by atoms with Gasteiger partial charge in [0.15, 0.2) is 5.78 Å². The summed E-state index contributed by atoms with van der Waals surface area (Å²) in [6, 6.07) is 5.30. The maximum Gasteiger partial charge on any atom is 0.161 e. The third-order valence-corrected chi connectivity index (χ3v) is 2.65. The van der Waals surface area contributed by atoms with E-state index in [1.807, 2.05) is 19.9 Å². The number of carbonyl (C=O) groups is 1.